The average molecular weight is 350 g/mol. The van der Waals surface area contributed by atoms with E-state index in [1.54, 1.807) is 41.1 Å². The second-order valence-corrected chi connectivity index (χ2v) is 5.77. The fourth-order valence-corrected chi connectivity index (χ4v) is 2.66. The lowest BCUT2D eigenvalue weighted by molar-refractivity contribution is 0.143. The molecule has 128 valence electrons. The summed E-state index contributed by atoms with van der Waals surface area (Å²) >= 11 is 5.00. The summed E-state index contributed by atoms with van der Waals surface area (Å²) in [5, 5.41) is 6.29. The smallest absolute Gasteiger partial charge is 0.414 e. The summed E-state index contributed by atoms with van der Waals surface area (Å²) in [5.74, 6) is 0. The third kappa shape index (κ3) is 3.35. The number of carbonyl (C=O) groups is 2. The van der Waals surface area contributed by atoms with Crippen LogP contribution in [-0.2, 0) is 9.47 Å². The third-order valence-corrected chi connectivity index (χ3v) is 4.17. The number of hydrogen-bond acceptors (Lipinski definition) is 5. The summed E-state index contributed by atoms with van der Waals surface area (Å²) in [5.41, 5.74) is 1.46. The lowest BCUT2D eigenvalue weighted by atomic mass is 10.2. The molecule has 0 bridgehead atoms. The normalized spacial score (nSPS) is 20.0. The van der Waals surface area contributed by atoms with Gasteiger partial charge in [0.05, 0.1) is 19.6 Å². The van der Waals surface area contributed by atoms with E-state index in [2.05, 4.69) is 10.6 Å². The molecule has 1 aromatic carbocycles. The van der Waals surface area contributed by atoms with Crippen LogP contribution in [0.1, 0.15) is 0 Å². The molecular weight excluding hydrogens is 332 g/mol. The quantitative estimate of drug-likeness (QED) is 0.786. The molecule has 24 heavy (non-hydrogen) atoms. The highest BCUT2D eigenvalue weighted by atomic mass is 32.1. The molecule has 0 radical (unpaired) electrons. The number of nitrogens with one attached hydrogen (secondary N) is 2. The Morgan fingerprint density at radius 3 is 2.46 bits per heavy atom. The van der Waals surface area contributed by atoms with E-state index in [1.807, 2.05) is 0 Å². The first-order valence-corrected chi connectivity index (χ1v) is 7.97. The molecular formula is C15H18N4O4S. The number of cyclic esters (lactones) is 2. The van der Waals surface area contributed by atoms with Crippen molar-refractivity contribution in [2.24, 2.45) is 0 Å². The summed E-state index contributed by atoms with van der Waals surface area (Å²) in [4.78, 5) is 26.7. The second-order valence-electron chi connectivity index (χ2n) is 5.36. The molecule has 1 aromatic rings. The molecule has 2 aliphatic heterocycles. The fraction of sp³-hybridized carbons (Fsp3) is 0.400. The minimum absolute atomic E-state index is 0.281. The zero-order chi connectivity index (χ0) is 17.1. The summed E-state index contributed by atoms with van der Waals surface area (Å²) in [6.07, 6.45) is -1.03. The molecule has 3 rings (SSSR count). The van der Waals surface area contributed by atoms with Crippen LogP contribution < -0.4 is 20.4 Å². The number of anilines is 2. The number of nitrogens with zero attached hydrogens (tertiary/aromatic N) is 2. The maximum Gasteiger partial charge on any atom is 0.414 e. The van der Waals surface area contributed by atoms with Crippen molar-refractivity contribution in [2.45, 2.75) is 6.10 Å². The van der Waals surface area contributed by atoms with Crippen LogP contribution in [0.4, 0.5) is 21.0 Å². The average Bonchev–Trinajstić information content (AvgIpc) is 3.18. The van der Waals surface area contributed by atoms with Gasteiger partial charge in [-0.3, -0.25) is 9.80 Å². The van der Waals surface area contributed by atoms with E-state index in [0.717, 1.165) is 11.4 Å². The van der Waals surface area contributed by atoms with Crippen LogP contribution in [0.15, 0.2) is 24.3 Å². The third-order valence-electron chi connectivity index (χ3n) is 3.83. The van der Waals surface area contributed by atoms with Crippen molar-refractivity contribution in [1.82, 2.24) is 10.6 Å². The Kier molecular flexibility index (Phi) is 4.70. The summed E-state index contributed by atoms with van der Waals surface area (Å²) in [6, 6.07) is 7.15. The van der Waals surface area contributed by atoms with Gasteiger partial charge in [-0.2, -0.15) is 0 Å². The maximum atomic E-state index is 12.0. The van der Waals surface area contributed by atoms with Gasteiger partial charge in [0, 0.05) is 18.4 Å². The molecule has 2 saturated heterocycles. The van der Waals surface area contributed by atoms with Crippen molar-refractivity contribution < 1.29 is 19.1 Å². The minimum atomic E-state index is -0.398. The topological polar surface area (TPSA) is 83.1 Å². The second kappa shape index (κ2) is 6.91. The highest BCUT2D eigenvalue weighted by molar-refractivity contribution is 7.80. The van der Waals surface area contributed by atoms with Crippen LogP contribution in [0.2, 0.25) is 0 Å². The number of benzene rings is 1. The first-order chi connectivity index (χ1) is 11.6. The zero-order valence-corrected chi connectivity index (χ0v) is 14.0. The van der Waals surface area contributed by atoms with Gasteiger partial charge in [0.1, 0.15) is 12.7 Å². The Bertz CT molecular complexity index is 651. The Labute approximate surface area is 144 Å². The van der Waals surface area contributed by atoms with Gasteiger partial charge in [0.2, 0.25) is 0 Å². The molecule has 2 aliphatic rings. The lowest BCUT2D eigenvalue weighted by Gasteiger charge is -2.16. The van der Waals surface area contributed by atoms with Crippen LogP contribution in [0.3, 0.4) is 0 Å². The molecule has 0 spiro atoms. The van der Waals surface area contributed by atoms with Gasteiger partial charge in [-0.15, -0.1) is 0 Å². The van der Waals surface area contributed by atoms with Crippen LogP contribution in [0, 0.1) is 0 Å². The Morgan fingerprint density at radius 1 is 1.21 bits per heavy atom. The monoisotopic (exact) mass is 350 g/mol. The van der Waals surface area contributed by atoms with Gasteiger partial charge in [-0.25, -0.2) is 9.59 Å². The van der Waals surface area contributed by atoms with E-state index in [0.29, 0.717) is 31.4 Å². The van der Waals surface area contributed by atoms with Gasteiger partial charge in [0.25, 0.3) is 0 Å². The van der Waals surface area contributed by atoms with Gasteiger partial charge >= 0.3 is 12.2 Å². The van der Waals surface area contributed by atoms with E-state index in [9.17, 15) is 9.59 Å². The summed E-state index contributed by atoms with van der Waals surface area (Å²) < 4.78 is 10.2. The van der Waals surface area contributed by atoms with E-state index in [1.165, 1.54) is 0 Å². The minimum Gasteiger partial charge on any atom is -0.447 e. The molecule has 0 saturated carbocycles. The van der Waals surface area contributed by atoms with Crippen LogP contribution >= 0.6 is 12.2 Å². The Morgan fingerprint density at radius 2 is 1.88 bits per heavy atom. The standard InChI is InChI=1S/C15H18N4O4S/c1-16-13(24)17-8-12-9-19(15(21)23-12)11-4-2-10(3-5-11)18-6-7-22-14(18)20/h2-5,12H,6-9H2,1H3,(H2,16,17,24)/t12-/m0/s1. The number of ether oxygens (including phenoxy) is 2. The lowest BCUT2D eigenvalue weighted by Crippen LogP contribution is -2.39. The molecule has 2 amide bonds. The maximum absolute atomic E-state index is 12.0. The fourth-order valence-electron chi connectivity index (χ4n) is 2.57. The molecule has 8 nitrogen and oxygen atoms in total. The first kappa shape index (κ1) is 16.3. The summed E-state index contributed by atoms with van der Waals surface area (Å²) in [7, 11) is 1.72. The Hall–Kier alpha value is -2.55. The highest BCUT2D eigenvalue weighted by Crippen LogP contribution is 2.26. The molecule has 2 fully saturated rings. The number of hydrogen-bond donors (Lipinski definition) is 2. The summed E-state index contributed by atoms with van der Waals surface area (Å²) in [6.45, 7) is 1.80. The van der Waals surface area contributed by atoms with Crippen molar-refractivity contribution >= 4 is 40.9 Å². The molecule has 0 aromatic heterocycles. The van der Waals surface area contributed by atoms with Crippen molar-refractivity contribution in [1.29, 1.82) is 0 Å². The molecule has 1 atom stereocenters. The molecule has 9 heteroatoms. The van der Waals surface area contributed by atoms with Gasteiger partial charge in [0.15, 0.2) is 5.11 Å². The van der Waals surface area contributed by atoms with E-state index in [4.69, 9.17) is 21.7 Å². The van der Waals surface area contributed by atoms with Crippen molar-refractivity contribution in [3.63, 3.8) is 0 Å². The van der Waals surface area contributed by atoms with Crippen molar-refractivity contribution in [3.05, 3.63) is 24.3 Å². The zero-order valence-electron chi connectivity index (χ0n) is 13.2. The number of amides is 2. The van der Waals surface area contributed by atoms with Crippen LogP contribution in [0.25, 0.3) is 0 Å². The largest absolute Gasteiger partial charge is 0.447 e. The predicted molar refractivity (Wildman–Crippen MR) is 92.4 cm³/mol. The van der Waals surface area contributed by atoms with Crippen LogP contribution in [0.5, 0.6) is 0 Å². The number of thiocarbonyl (C=S) groups is 1. The molecule has 2 N–H and O–H groups in total. The van der Waals surface area contributed by atoms with Crippen molar-refractivity contribution in [2.75, 3.05) is 43.1 Å². The van der Waals surface area contributed by atoms with E-state index in [-0.39, 0.29) is 12.2 Å². The number of rotatable bonds is 4. The molecule has 2 heterocycles. The molecule has 0 aliphatic carbocycles. The van der Waals surface area contributed by atoms with Crippen molar-refractivity contribution in [3.8, 4) is 0 Å². The first-order valence-electron chi connectivity index (χ1n) is 7.56. The predicted octanol–water partition coefficient (Wildman–Crippen LogP) is 1.06. The van der Waals surface area contributed by atoms with Gasteiger partial charge in [-0.1, -0.05) is 0 Å². The van der Waals surface area contributed by atoms with E-state index >= 15 is 0 Å². The van der Waals surface area contributed by atoms with Gasteiger partial charge in [-0.05, 0) is 36.5 Å². The number of carbonyl (C=O) groups excluding carboxylic acids is 2. The molecule has 0 unspecified atom stereocenters. The van der Waals surface area contributed by atoms with E-state index < -0.39 is 6.09 Å². The highest BCUT2D eigenvalue weighted by Gasteiger charge is 2.32. The van der Waals surface area contributed by atoms with Crippen LogP contribution in [-0.4, -0.2) is 56.7 Å². The SMILES string of the molecule is CNC(=S)NC[C@H]1CN(c2ccc(N3CCOC3=O)cc2)C(=O)O1. The van der Waals surface area contributed by atoms with Gasteiger partial charge < -0.3 is 20.1 Å². The Balaban J connectivity index is 1.63.